The molecule has 0 aromatic rings. The fourth-order valence-corrected chi connectivity index (χ4v) is 1.52. The largest absolute Gasteiger partial charge is 0.396 e. The molecule has 66 valence electrons. The summed E-state index contributed by atoms with van der Waals surface area (Å²) in [6.45, 7) is 3.68. The van der Waals surface area contributed by atoms with Gasteiger partial charge < -0.3 is 15.3 Å². The van der Waals surface area contributed by atoms with E-state index in [1.807, 2.05) is 0 Å². The molecule has 0 amide bonds. The summed E-state index contributed by atoms with van der Waals surface area (Å²) in [6.07, 6.45) is 2.02. The third-order valence-corrected chi connectivity index (χ3v) is 2.17. The predicted octanol–water partition coefficient (Wildman–Crippen LogP) is -0.338. The fraction of sp³-hybridized carbons (Fsp3) is 1.00. The molecular weight excluding hydrogens is 140 g/mol. The molecule has 1 fully saturated rings. The van der Waals surface area contributed by atoms with Gasteiger partial charge in [0.2, 0.25) is 0 Å². The van der Waals surface area contributed by atoms with Crippen LogP contribution in [0.25, 0.3) is 0 Å². The van der Waals surface area contributed by atoms with Crippen LogP contribution in [-0.2, 0) is 0 Å². The average Bonchev–Trinajstić information content (AvgIpc) is 2.01. The van der Waals surface area contributed by atoms with E-state index in [2.05, 4.69) is 17.3 Å². The molecule has 1 rings (SSSR count). The van der Waals surface area contributed by atoms with Crippen LogP contribution in [0.2, 0.25) is 0 Å². The summed E-state index contributed by atoms with van der Waals surface area (Å²) in [5, 5.41) is 12.1. The van der Waals surface area contributed by atoms with E-state index >= 15 is 0 Å². The lowest BCUT2D eigenvalue weighted by Crippen LogP contribution is -2.48. The van der Waals surface area contributed by atoms with E-state index in [1.54, 1.807) is 0 Å². The van der Waals surface area contributed by atoms with Crippen LogP contribution in [0, 0.1) is 0 Å². The first-order valence-corrected chi connectivity index (χ1v) is 4.35. The lowest BCUT2D eigenvalue weighted by molar-refractivity contribution is 0.214. The van der Waals surface area contributed by atoms with Crippen molar-refractivity contribution in [2.75, 3.05) is 33.3 Å². The number of aliphatic hydroxyl groups is 1. The van der Waals surface area contributed by atoms with Gasteiger partial charge in [-0.3, -0.25) is 0 Å². The normalized spacial score (nSPS) is 27.3. The summed E-state index contributed by atoms with van der Waals surface area (Å²) in [5.41, 5.74) is 0. The van der Waals surface area contributed by atoms with Crippen LogP contribution in [-0.4, -0.2) is 49.3 Å². The molecule has 1 aliphatic heterocycles. The molecule has 0 radical (unpaired) electrons. The first-order chi connectivity index (χ1) is 5.33. The van der Waals surface area contributed by atoms with Gasteiger partial charge in [0.15, 0.2) is 0 Å². The smallest absolute Gasteiger partial charge is 0.0431 e. The zero-order valence-corrected chi connectivity index (χ0v) is 7.21. The number of hydrogen-bond donors (Lipinski definition) is 2. The topological polar surface area (TPSA) is 35.5 Å². The number of nitrogens with zero attached hydrogens (tertiary/aromatic N) is 1. The Morgan fingerprint density at radius 2 is 2.45 bits per heavy atom. The molecule has 1 heterocycles. The number of likely N-dealkylation sites (N-methyl/N-ethyl adjacent to an activating group) is 1. The molecule has 1 atom stereocenters. The van der Waals surface area contributed by atoms with E-state index in [0.717, 1.165) is 32.5 Å². The van der Waals surface area contributed by atoms with E-state index < -0.39 is 0 Å². The predicted molar refractivity (Wildman–Crippen MR) is 45.6 cm³/mol. The summed E-state index contributed by atoms with van der Waals surface area (Å²) in [6, 6.07) is 0.598. The van der Waals surface area contributed by atoms with E-state index in [-0.39, 0.29) is 0 Å². The Hall–Kier alpha value is -0.120. The van der Waals surface area contributed by atoms with Gasteiger partial charge in [0.1, 0.15) is 0 Å². The standard InChI is InChI=1S/C8H18N2O/c1-10-5-4-9-8(7-10)3-2-6-11/h8-9,11H,2-7H2,1H3. The Bertz CT molecular complexity index is 108. The zero-order chi connectivity index (χ0) is 8.10. The molecule has 0 bridgehead atoms. The van der Waals surface area contributed by atoms with E-state index in [1.165, 1.54) is 0 Å². The van der Waals surface area contributed by atoms with Gasteiger partial charge in [-0.2, -0.15) is 0 Å². The third kappa shape index (κ3) is 3.18. The van der Waals surface area contributed by atoms with Crippen LogP contribution in [0.5, 0.6) is 0 Å². The van der Waals surface area contributed by atoms with Crippen LogP contribution in [0.4, 0.5) is 0 Å². The maximum absolute atomic E-state index is 8.62. The van der Waals surface area contributed by atoms with Crippen LogP contribution >= 0.6 is 0 Å². The van der Waals surface area contributed by atoms with Crippen molar-refractivity contribution in [1.82, 2.24) is 10.2 Å². The molecule has 0 aromatic carbocycles. The molecule has 1 unspecified atom stereocenters. The van der Waals surface area contributed by atoms with Crippen LogP contribution in [0.1, 0.15) is 12.8 Å². The highest BCUT2D eigenvalue weighted by Crippen LogP contribution is 2.02. The van der Waals surface area contributed by atoms with Crippen molar-refractivity contribution < 1.29 is 5.11 Å². The molecule has 1 saturated heterocycles. The van der Waals surface area contributed by atoms with Crippen molar-refractivity contribution in [3.8, 4) is 0 Å². The van der Waals surface area contributed by atoms with E-state index in [9.17, 15) is 0 Å². The molecule has 0 spiro atoms. The maximum Gasteiger partial charge on any atom is 0.0431 e. The van der Waals surface area contributed by atoms with Gasteiger partial charge in [0, 0.05) is 32.3 Å². The minimum absolute atomic E-state index is 0.321. The van der Waals surface area contributed by atoms with Gasteiger partial charge in [0.05, 0.1) is 0 Å². The summed E-state index contributed by atoms with van der Waals surface area (Å²) < 4.78 is 0. The third-order valence-electron chi connectivity index (χ3n) is 2.17. The quantitative estimate of drug-likeness (QED) is 0.590. The summed E-state index contributed by atoms with van der Waals surface area (Å²) in [4.78, 5) is 2.33. The van der Waals surface area contributed by atoms with Crippen LogP contribution in [0.15, 0.2) is 0 Å². The molecule has 0 aliphatic carbocycles. The first kappa shape index (κ1) is 8.97. The lowest BCUT2D eigenvalue weighted by atomic mass is 10.1. The second kappa shape index (κ2) is 4.70. The van der Waals surface area contributed by atoms with Gasteiger partial charge in [-0.25, -0.2) is 0 Å². The molecule has 2 N–H and O–H groups in total. The highest BCUT2D eigenvalue weighted by atomic mass is 16.2. The van der Waals surface area contributed by atoms with Crippen molar-refractivity contribution in [1.29, 1.82) is 0 Å². The second-order valence-electron chi connectivity index (χ2n) is 3.28. The molecule has 0 saturated carbocycles. The van der Waals surface area contributed by atoms with Crippen molar-refractivity contribution in [3.05, 3.63) is 0 Å². The number of piperazine rings is 1. The SMILES string of the molecule is CN1CCNC(CCCO)C1. The van der Waals surface area contributed by atoms with Gasteiger partial charge >= 0.3 is 0 Å². The summed E-state index contributed by atoms with van der Waals surface area (Å²) in [7, 11) is 2.15. The van der Waals surface area contributed by atoms with Crippen molar-refractivity contribution in [2.24, 2.45) is 0 Å². The van der Waals surface area contributed by atoms with E-state index in [4.69, 9.17) is 5.11 Å². The van der Waals surface area contributed by atoms with Gasteiger partial charge in [-0.05, 0) is 19.9 Å². The highest BCUT2D eigenvalue weighted by molar-refractivity contribution is 4.76. The fourth-order valence-electron chi connectivity index (χ4n) is 1.52. The van der Waals surface area contributed by atoms with Crippen molar-refractivity contribution in [3.63, 3.8) is 0 Å². The Morgan fingerprint density at radius 1 is 1.64 bits per heavy atom. The van der Waals surface area contributed by atoms with Crippen molar-refractivity contribution >= 4 is 0 Å². The van der Waals surface area contributed by atoms with Crippen LogP contribution in [0.3, 0.4) is 0 Å². The molecule has 0 aromatic heterocycles. The molecule has 11 heavy (non-hydrogen) atoms. The van der Waals surface area contributed by atoms with Gasteiger partial charge in [0.25, 0.3) is 0 Å². The van der Waals surface area contributed by atoms with Crippen molar-refractivity contribution in [2.45, 2.75) is 18.9 Å². The second-order valence-corrected chi connectivity index (χ2v) is 3.28. The molecule has 3 nitrogen and oxygen atoms in total. The number of hydrogen-bond acceptors (Lipinski definition) is 3. The maximum atomic E-state index is 8.62. The lowest BCUT2D eigenvalue weighted by Gasteiger charge is -2.30. The van der Waals surface area contributed by atoms with Gasteiger partial charge in [-0.15, -0.1) is 0 Å². The minimum Gasteiger partial charge on any atom is -0.396 e. The molecule has 3 heteroatoms. The molecule has 1 aliphatic rings. The minimum atomic E-state index is 0.321. The molecular formula is C8H18N2O. The summed E-state index contributed by atoms with van der Waals surface area (Å²) in [5.74, 6) is 0. The van der Waals surface area contributed by atoms with Crippen LogP contribution < -0.4 is 5.32 Å². The number of rotatable bonds is 3. The Labute approximate surface area is 68.4 Å². The van der Waals surface area contributed by atoms with Gasteiger partial charge in [-0.1, -0.05) is 0 Å². The van der Waals surface area contributed by atoms with E-state index in [0.29, 0.717) is 12.6 Å². The number of nitrogens with one attached hydrogen (secondary N) is 1. The Morgan fingerprint density at radius 3 is 3.09 bits per heavy atom. The number of aliphatic hydroxyl groups excluding tert-OH is 1. The Kier molecular flexibility index (Phi) is 3.83. The monoisotopic (exact) mass is 158 g/mol. The highest BCUT2D eigenvalue weighted by Gasteiger charge is 2.14. The zero-order valence-electron chi connectivity index (χ0n) is 7.21. The average molecular weight is 158 g/mol. The Balaban J connectivity index is 2.12. The first-order valence-electron chi connectivity index (χ1n) is 4.35. The summed E-state index contributed by atoms with van der Waals surface area (Å²) >= 11 is 0.